The van der Waals surface area contributed by atoms with Gasteiger partial charge in [0.2, 0.25) is 0 Å². The van der Waals surface area contributed by atoms with Gasteiger partial charge in [0, 0.05) is 6.07 Å². The zero-order valence-corrected chi connectivity index (χ0v) is 13.3. The molecule has 4 heteroatoms. The first-order valence-electron chi connectivity index (χ1n) is 7.85. The van der Waals surface area contributed by atoms with Crippen molar-refractivity contribution in [2.24, 2.45) is 0 Å². The van der Waals surface area contributed by atoms with Gasteiger partial charge in [-0.25, -0.2) is 4.39 Å². The molecule has 3 unspecified atom stereocenters. The molecular formula is C17H25FO3. The number of epoxide rings is 1. The molecule has 0 saturated carbocycles. The first kappa shape index (κ1) is 16.1. The van der Waals surface area contributed by atoms with E-state index in [-0.39, 0.29) is 17.8 Å². The van der Waals surface area contributed by atoms with E-state index in [4.69, 9.17) is 14.2 Å². The predicted octanol–water partition coefficient (Wildman–Crippen LogP) is 4.29. The molecule has 3 atom stereocenters. The van der Waals surface area contributed by atoms with Crippen molar-refractivity contribution >= 4 is 0 Å². The highest BCUT2D eigenvalue weighted by atomic mass is 19.1. The maximum Gasteiger partial charge on any atom is 0.164 e. The van der Waals surface area contributed by atoms with Gasteiger partial charge in [-0.3, -0.25) is 0 Å². The Balaban J connectivity index is 2.16. The summed E-state index contributed by atoms with van der Waals surface area (Å²) < 4.78 is 30.9. The standard InChI is InChI=1S/C17H25FO3/c1-5-14-17(21-14)8-11(4)12-9-15(19-6-2)16(20-7-3)10-13(12)18/h9-11,14,17H,5-8H2,1-4H3. The summed E-state index contributed by atoms with van der Waals surface area (Å²) >= 11 is 0. The minimum atomic E-state index is -0.233. The third kappa shape index (κ3) is 3.88. The molecule has 1 fully saturated rings. The summed E-state index contributed by atoms with van der Waals surface area (Å²) in [7, 11) is 0. The lowest BCUT2D eigenvalue weighted by atomic mass is 9.94. The first-order valence-corrected chi connectivity index (χ1v) is 7.85. The lowest BCUT2D eigenvalue weighted by Gasteiger charge is -2.17. The van der Waals surface area contributed by atoms with Gasteiger partial charge in [0.25, 0.3) is 0 Å². The minimum absolute atomic E-state index is 0.0985. The molecule has 1 saturated heterocycles. The predicted molar refractivity (Wildman–Crippen MR) is 80.7 cm³/mol. The van der Waals surface area contributed by atoms with Gasteiger partial charge in [-0.15, -0.1) is 0 Å². The van der Waals surface area contributed by atoms with Crippen LogP contribution >= 0.6 is 0 Å². The van der Waals surface area contributed by atoms with Crippen LogP contribution in [0.2, 0.25) is 0 Å². The lowest BCUT2D eigenvalue weighted by molar-refractivity contribution is 0.285. The fraction of sp³-hybridized carbons (Fsp3) is 0.647. The second kappa shape index (κ2) is 7.12. The zero-order valence-electron chi connectivity index (χ0n) is 13.3. The number of ether oxygens (including phenoxy) is 3. The second-order valence-electron chi connectivity index (χ2n) is 5.44. The average molecular weight is 296 g/mol. The van der Waals surface area contributed by atoms with Crippen molar-refractivity contribution in [3.8, 4) is 11.5 Å². The van der Waals surface area contributed by atoms with Gasteiger partial charge in [0.15, 0.2) is 11.5 Å². The molecule has 0 spiro atoms. The van der Waals surface area contributed by atoms with Crippen LogP contribution in [0.25, 0.3) is 0 Å². The summed E-state index contributed by atoms with van der Waals surface area (Å²) in [5.74, 6) is 0.956. The van der Waals surface area contributed by atoms with Crippen LogP contribution in [0.1, 0.15) is 52.0 Å². The van der Waals surface area contributed by atoms with E-state index in [1.807, 2.05) is 20.8 Å². The Morgan fingerprint density at radius 3 is 2.24 bits per heavy atom. The number of hydrogen-bond acceptors (Lipinski definition) is 3. The SMILES string of the molecule is CCOc1cc(F)c(C(C)CC2OC2CC)cc1OCC. The highest BCUT2D eigenvalue weighted by Crippen LogP contribution is 2.38. The monoisotopic (exact) mass is 296 g/mol. The summed E-state index contributed by atoms with van der Waals surface area (Å²) in [6.45, 7) is 8.94. The van der Waals surface area contributed by atoms with Gasteiger partial charge in [-0.05, 0) is 44.2 Å². The second-order valence-corrected chi connectivity index (χ2v) is 5.44. The van der Waals surface area contributed by atoms with E-state index in [0.717, 1.165) is 12.8 Å². The molecule has 0 radical (unpaired) electrons. The van der Waals surface area contributed by atoms with Gasteiger partial charge >= 0.3 is 0 Å². The van der Waals surface area contributed by atoms with Crippen LogP contribution < -0.4 is 9.47 Å². The number of rotatable bonds is 8. The Bertz CT molecular complexity index is 475. The average Bonchev–Trinajstić information content (AvgIpc) is 3.20. The van der Waals surface area contributed by atoms with E-state index in [0.29, 0.717) is 36.4 Å². The van der Waals surface area contributed by atoms with E-state index >= 15 is 0 Å². The molecule has 1 aromatic carbocycles. The molecule has 2 rings (SSSR count). The topological polar surface area (TPSA) is 31.0 Å². The van der Waals surface area contributed by atoms with Crippen molar-refractivity contribution in [2.75, 3.05) is 13.2 Å². The third-order valence-electron chi connectivity index (χ3n) is 3.87. The minimum Gasteiger partial charge on any atom is -0.490 e. The van der Waals surface area contributed by atoms with Gasteiger partial charge < -0.3 is 14.2 Å². The van der Waals surface area contributed by atoms with Crippen molar-refractivity contribution in [1.82, 2.24) is 0 Å². The quantitative estimate of drug-likeness (QED) is 0.670. The molecule has 1 heterocycles. The highest BCUT2D eigenvalue weighted by molar-refractivity contribution is 5.45. The van der Waals surface area contributed by atoms with E-state index < -0.39 is 0 Å². The molecule has 1 aliphatic heterocycles. The lowest BCUT2D eigenvalue weighted by Crippen LogP contribution is -2.06. The maximum absolute atomic E-state index is 14.3. The molecule has 3 nitrogen and oxygen atoms in total. The Morgan fingerprint density at radius 2 is 1.71 bits per heavy atom. The van der Waals surface area contributed by atoms with Gasteiger partial charge in [-0.1, -0.05) is 13.8 Å². The Morgan fingerprint density at radius 1 is 1.10 bits per heavy atom. The first-order chi connectivity index (χ1) is 10.1. The summed E-state index contributed by atoms with van der Waals surface area (Å²) in [6, 6.07) is 3.21. The van der Waals surface area contributed by atoms with Crippen molar-refractivity contribution in [3.05, 3.63) is 23.5 Å². The van der Waals surface area contributed by atoms with Crippen LogP contribution in [0.4, 0.5) is 4.39 Å². The maximum atomic E-state index is 14.3. The van der Waals surface area contributed by atoms with E-state index in [2.05, 4.69) is 6.92 Å². The molecule has 0 amide bonds. The van der Waals surface area contributed by atoms with Gasteiger partial charge in [-0.2, -0.15) is 0 Å². The summed E-state index contributed by atoms with van der Waals surface area (Å²) in [5, 5.41) is 0. The van der Waals surface area contributed by atoms with Crippen LogP contribution in [0.5, 0.6) is 11.5 Å². The highest BCUT2D eigenvalue weighted by Gasteiger charge is 2.38. The molecule has 0 aliphatic carbocycles. The van der Waals surface area contributed by atoms with Gasteiger partial charge in [0.1, 0.15) is 5.82 Å². The number of hydrogen-bond donors (Lipinski definition) is 0. The fourth-order valence-corrected chi connectivity index (χ4v) is 2.69. The van der Waals surface area contributed by atoms with E-state index in [1.54, 1.807) is 6.07 Å². The molecular weight excluding hydrogens is 271 g/mol. The normalized spacial score (nSPS) is 22.0. The Hall–Kier alpha value is -1.29. The van der Waals surface area contributed by atoms with Gasteiger partial charge in [0.05, 0.1) is 25.4 Å². The van der Waals surface area contributed by atoms with Crippen LogP contribution in [-0.2, 0) is 4.74 Å². The van der Waals surface area contributed by atoms with Crippen LogP contribution in [0.15, 0.2) is 12.1 Å². The van der Waals surface area contributed by atoms with Crippen LogP contribution in [-0.4, -0.2) is 25.4 Å². The van der Waals surface area contributed by atoms with Crippen LogP contribution in [0, 0.1) is 5.82 Å². The largest absolute Gasteiger partial charge is 0.490 e. The summed E-state index contributed by atoms with van der Waals surface area (Å²) in [5.41, 5.74) is 0.673. The molecule has 0 aromatic heterocycles. The Labute approximate surface area is 126 Å². The molecule has 1 aliphatic rings. The summed E-state index contributed by atoms with van der Waals surface area (Å²) in [4.78, 5) is 0. The Kier molecular flexibility index (Phi) is 5.45. The molecule has 21 heavy (non-hydrogen) atoms. The number of benzene rings is 1. The number of halogens is 1. The molecule has 1 aromatic rings. The van der Waals surface area contributed by atoms with Crippen LogP contribution in [0.3, 0.4) is 0 Å². The summed E-state index contributed by atoms with van der Waals surface area (Å²) in [6.07, 6.45) is 2.48. The molecule has 118 valence electrons. The smallest absolute Gasteiger partial charge is 0.164 e. The molecule has 0 bridgehead atoms. The van der Waals surface area contributed by atoms with Crippen molar-refractivity contribution in [3.63, 3.8) is 0 Å². The zero-order chi connectivity index (χ0) is 15.4. The third-order valence-corrected chi connectivity index (χ3v) is 3.87. The van der Waals surface area contributed by atoms with E-state index in [9.17, 15) is 4.39 Å². The van der Waals surface area contributed by atoms with Crippen molar-refractivity contribution in [1.29, 1.82) is 0 Å². The fourth-order valence-electron chi connectivity index (χ4n) is 2.69. The van der Waals surface area contributed by atoms with E-state index in [1.165, 1.54) is 6.07 Å². The molecule has 0 N–H and O–H groups in total. The van der Waals surface area contributed by atoms with Crippen molar-refractivity contribution < 1.29 is 18.6 Å². The van der Waals surface area contributed by atoms with Crippen molar-refractivity contribution in [2.45, 2.75) is 58.7 Å².